The number of rotatable bonds is 7. The van der Waals surface area contributed by atoms with Crippen molar-refractivity contribution in [3.8, 4) is 11.5 Å². The number of anilines is 1. The van der Waals surface area contributed by atoms with E-state index in [0.717, 1.165) is 11.1 Å². The van der Waals surface area contributed by atoms with Crippen LogP contribution in [0.15, 0.2) is 71.6 Å². The molecule has 0 radical (unpaired) electrons. The van der Waals surface area contributed by atoms with Crippen molar-refractivity contribution in [1.82, 2.24) is 4.31 Å². The Labute approximate surface area is 194 Å². The molecule has 3 aromatic carbocycles. The number of methoxy groups -OCH3 is 1. The smallest absolute Gasteiger partial charge is 0.259 e. The summed E-state index contributed by atoms with van der Waals surface area (Å²) in [5.41, 5.74) is 2.99. The zero-order valence-electron chi connectivity index (χ0n) is 18.6. The number of para-hydroxylation sites is 1. The Balaban J connectivity index is 1.53. The first-order chi connectivity index (χ1) is 15.9. The zero-order valence-corrected chi connectivity index (χ0v) is 19.4. The summed E-state index contributed by atoms with van der Waals surface area (Å²) >= 11 is 0. The van der Waals surface area contributed by atoms with E-state index < -0.39 is 10.0 Å². The van der Waals surface area contributed by atoms with Crippen molar-refractivity contribution in [3.63, 3.8) is 0 Å². The molecule has 8 heteroatoms. The van der Waals surface area contributed by atoms with Gasteiger partial charge in [0.25, 0.3) is 5.91 Å². The van der Waals surface area contributed by atoms with Gasteiger partial charge in [-0.05, 0) is 73.0 Å². The maximum Gasteiger partial charge on any atom is 0.259 e. The monoisotopic (exact) mass is 466 g/mol. The van der Waals surface area contributed by atoms with Crippen molar-refractivity contribution in [2.75, 3.05) is 25.6 Å². The molecule has 0 bridgehead atoms. The Morgan fingerprint density at radius 1 is 1.03 bits per heavy atom. The van der Waals surface area contributed by atoms with E-state index in [2.05, 4.69) is 5.32 Å². The standard InChI is InChI=1S/C25H26N2O5S/c1-3-32-24-7-5-4-6-23(24)25(28)26-20-9-8-18-14-15-27(17-19(18)16-20)33(29,30)22-12-10-21(31-2)11-13-22/h4-13,16H,3,14-15,17H2,1-2H3,(H,26,28). The minimum absolute atomic E-state index is 0.226. The van der Waals surface area contributed by atoms with Crippen LogP contribution in [-0.4, -0.2) is 38.9 Å². The topological polar surface area (TPSA) is 84.9 Å². The van der Waals surface area contributed by atoms with Gasteiger partial charge in [-0.2, -0.15) is 4.31 Å². The molecule has 0 aliphatic carbocycles. The second-order valence-electron chi connectivity index (χ2n) is 7.63. The molecule has 0 saturated heterocycles. The van der Waals surface area contributed by atoms with Crippen LogP contribution in [0.2, 0.25) is 0 Å². The molecule has 7 nitrogen and oxygen atoms in total. The third kappa shape index (κ3) is 4.86. The minimum atomic E-state index is -3.65. The molecule has 0 unspecified atom stereocenters. The van der Waals surface area contributed by atoms with Gasteiger partial charge in [-0.25, -0.2) is 8.42 Å². The average molecular weight is 467 g/mol. The third-order valence-electron chi connectivity index (χ3n) is 5.57. The molecular weight excluding hydrogens is 440 g/mol. The second-order valence-corrected chi connectivity index (χ2v) is 9.57. The van der Waals surface area contributed by atoms with Gasteiger partial charge in [0.2, 0.25) is 10.0 Å². The molecule has 1 amide bonds. The molecule has 172 valence electrons. The minimum Gasteiger partial charge on any atom is -0.497 e. The Morgan fingerprint density at radius 2 is 1.79 bits per heavy atom. The summed E-state index contributed by atoms with van der Waals surface area (Å²) in [4.78, 5) is 13.1. The van der Waals surface area contributed by atoms with E-state index in [1.807, 2.05) is 31.2 Å². The summed E-state index contributed by atoms with van der Waals surface area (Å²) in [7, 11) is -2.11. The lowest BCUT2D eigenvalue weighted by Crippen LogP contribution is -2.36. The van der Waals surface area contributed by atoms with Crippen LogP contribution < -0.4 is 14.8 Å². The van der Waals surface area contributed by atoms with Crippen LogP contribution in [0.1, 0.15) is 28.4 Å². The van der Waals surface area contributed by atoms with Gasteiger partial charge in [-0.3, -0.25) is 4.79 Å². The Hall–Kier alpha value is -3.36. The van der Waals surface area contributed by atoms with E-state index in [4.69, 9.17) is 9.47 Å². The number of ether oxygens (including phenoxy) is 2. The number of nitrogens with one attached hydrogen (secondary N) is 1. The van der Waals surface area contributed by atoms with Crippen LogP contribution in [0, 0.1) is 0 Å². The van der Waals surface area contributed by atoms with Gasteiger partial charge >= 0.3 is 0 Å². The highest BCUT2D eigenvalue weighted by Gasteiger charge is 2.28. The van der Waals surface area contributed by atoms with E-state index >= 15 is 0 Å². The first-order valence-corrected chi connectivity index (χ1v) is 12.2. The largest absolute Gasteiger partial charge is 0.497 e. The lowest BCUT2D eigenvalue weighted by molar-refractivity contribution is 0.102. The number of benzene rings is 3. The molecule has 3 aromatic rings. The van der Waals surface area contributed by atoms with Crippen LogP contribution >= 0.6 is 0 Å². The first kappa shape index (κ1) is 22.8. The predicted octanol–water partition coefficient (Wildman–Crippen LogP) is 4.09. The van der Waals surface area contributed by atoms with Gasteiger partial charge in [0.15, 0.2) is 0 Å². The van der Waals surface area contributed by atoms with E-state index in [0.29, 0.717) is 42.3 Å². The van der Waals surface area contributed by atoms with Crippen molar-refractivity contribution < 1.29 is 22.7 Å². The number of nitrogens with zero attached hydrogens (tertiary/aromatic N) is 1. The van der Waals surface area contributed by atoms with Crippen molar-refractivity contribution in [3.05, 3.63) is 83.4 Å². The molecule has 1 aliphatic heterocycles. The molecule has 0 aromatic heterocycles. The number of carbonyl (C=O) groups excluding carboxylic acids is 1. The van der Waals surface area contributed by atoms with E-state index in [1.165, 1.54) is 11.4 Å². The van der Waals surface area contributed by atoms with E-state index in [9.17, 15) is 13.2 Å². The molecule has 1 heterocycles. The van der Waals surface area contributed by atoms with Gasteiger partial charge in [0.1, 0.15) is 11.5 Å². The molecule has 0 spiro atoms. The molecule has 0 saturated carbocycles. The van der Waals surface area contributed by atoms with Gasteiger partial charge in [0.05, 0.1) is 24.2 Å². The summed E-state index contributed by atoms with van der Waals surface area (Å²) in [6, 6.07) is 19.1. The SMILES string of the molecule is CCOc1ccccc1C(=O)Nc1ccc2c(c1)CN(S(=O)(=O)c1ccc(OC)cc1)CC2. The molecule has 0 atom stereocenters. The fraction of sp³-hybridized carbons (Fsp3) is 0.240. The third-order valence-corrected chi connectivity index (χ3v) is 7.43. The highest BCUT2D eigenvalue weighted by Crippen LogP contribution is 2.28. The maximum atomic E-state index is 13.1. The van der Waals surface area contributed by atoms with Crippen molar-refractivity contribution in [1.29, 1.82) is 0 Å². The van der Waals surface area contributed by atoms with Crippen LogP contribution in [-0.2, 0) is 23.0 Å². The van der Waals surface area contributed by atoms with E-state index in [1.54, 1.807) is 42.5 Å². The summed E-state index contributed by atoms with van der Waals surface area (Å²) in [5, 5.41) is 2.90. The molecule has 1 aliphatic rings. The quantitative estimate of drug-likeness (QED) is 0.567. The van der Waals surface area contributed by atoms with Crippen LogP contribution in [0.3, 0.4) is 0 Å². The summed E-state index contributed by atoms with van der Waals surface area (Å²) in [6.45, 7) is 2.96. The number of amides is 1. The van der Waals surface area contributed by atoms with Crippen molar-refractivity contribution >= 4 is 21.6 Å². The molecule has 33 heavy (non-hydrogen) atoms. The molecule has 4 rings (SSSR count). The van der Waals surface area contributed by atoms with Crippen LogP contribution in [0.4, 0.5) is 5.69 Å². The average Bonchev–Trinajstić information content (AvgIpc) is 2.84. The molecule has 1 N–H and O–H groups in total. The van der Waals surface area contributed by atoms with E-state index in [-0.39, 0.29) is 17.3 Å². The Bertz CT molecular complexity index is 1260. The number of hydrogen-bond donors (Lipinski definition) is 1. The zero-order chi connectivity index (χ0) is 23.4. The lowest BCUT2D eigenvalue weighted by Gasteiger charge is -2.28. The normalized spacial score (nSPS) is 13.8. The maximum absolute atomic E-state index is 13.1. The van der Waals surface area contributed by atoms with Crippen LogP contribution in [0.5, 0.6) is 11.5 Å². The summed E-state index contributed by atoms with van der Waals surface area (Å²) in [6.07, 6.45) is 0.603. The highest BCUT2D eigenvalue weighted by atomic mass is 32.2. The van der Waals surface area contributed by atoms with Crippen molar-refractivity contribution in [2.45, 2.75) is 24.8 Å². The van der Waals surface area contributed by atoms with Gasteiger partial charge in [-0.15, -0.1) is 0 Å². The Kier molecular flexibility index (Phi) is 6.67. The fourth-order valence-electron chi connectivity index (χ4n) is 3.84. The first-order valence-electron chi connectivity index (χ1n) is 10.7. The van der Waals surface area contributed by atoms with Crippen molar-refractivity contribution in [2.24, 2.45) is 0 Å². The molecular formula is C25H26N2O5S. The fourth-order valence-corrected chi connectivity index (χ4v) is 5.26. The summed E-state index contributed by atoms with van der Waals surface area (Å²) in [5.74, 6) is 0.842. The predicted molar refractivity (Wildman–Crippen MR) is 126 cm³/mol. The van der Waals surface area contributed by atoms with Gasteiger partial charge < -0.3 is 14.8 Å². The number of carbonyl (C=O) groups is 1. The second kappa shape index (κ2) is 9.64. The van der Waals surface area contributed by atoms with Gasteiger partial charge in [-0.1, -0.05) is 18.2 Å². The van der Waals surface area contributed by atoms with Gasteiger partial charge in [0, 0.05) is 18.8 Å². The summed E-state index contributed by atoms with van der Waals surface area (Å²) < 4.78 is 38.4. The van der Waals surface area contributed by atoms with Crippen LogP contribution in [0.25, 0.3) is 0 Å². The number of sulfonamides is 1. The lowest BCUT2D eigenvalue weighted by atomic mass is 10.0. The number of fused-ring (bicyclic) bond motifs is 1. The molecule has 0 fully saturated rings. The highest BCUT2D eigenvalue weighted by molar-refractivity contribution is 7.89. The number of hydrogen-bond acceptors (Lipinski definition) is 5. The Morgan fingerprint density at radius 3 is 2.52 bits per heavy atom.